The van der Waals surface area contributed by atoms with E-state index in [2.05, 4.69) is 15.6 Å². The minimum atomic E-state index is -4.45. The number of nitrogens with zero attached hydrogens (tertiary/aromatic N) is 1. The first-order valence-electron chi connectivity index (χ1n) is 8.85. The topological polar surface area (TPSA) is 89.5 Å². The molecule has 1 aromatic heterocycles. The van der Waals surface area contributed by atoms with E-state index in [-0.39, 0.29) is 25.1 Å². The molecule has 2 heterocycles. The molecule has 2 atom stereocenters. The average molecular weight is 403 g/mol. The highest BCUT2D eigenvalue weighted by atomic mass is 19.4. The fourth-order valence-corrected chi connectivity index (χ4v) is 2.53. The quantitative estimate of drug-likeness (QED) is 0.807. The maximum atomic E-state index is 12.5. The summed E-state index contributed by atoms with van der Waals surface area (Å²) in [4.78, 5) is 27.6. The number of amides is 2. The second-order valence-electron chi connectivity index (χ2n) is 7.50. The largest absolute Gasteiger partial charge is 0.444 e. The Balaban J connectivity index is 1.74. The fourth-order valence-electron chi connectivity index (χ4n) is 2.53. The molecule has 1 aromatic rings. The molecule has 0 radical (unpaired) electrons. The van der Waals surface area contributed by atoms with Gasteiger partial charge in [0.25, 0.3) is 0 Å². The number of alkyl halides is 3. The average Bonchev–Trinajstić information content (AvgIpc) is 2.58. The van der Waals surface area contributed by atoms with Gasteiger partial charge in [0.2, 0.25) is 5.91 Å². The predicted octanol–water partition coefficient (Wildman–Crippen LogP) is 2.79. The van der Waals surface area contributed by atoms with Gasteiger partial charge in [-0.15, -0.1) is 0 Å². The lowest BCUT2D eigenvalue weighted by Gasteiger charge is -2.29. The normalized spacial score (nSPS) is 20.4. The highest BCUT2D eigenvalue weighted by Crippen LogP contribution is 2.28. The molecule has 0 bridgehead atoms. The zero-order valence-electron chi connectivity index (χ0n) is 15.9. The molecule has 0 aromatic carbocycles. The van der Waals surface area contributed by atoms with Crippen LogP contribution < -0.4 is 10.6 Å². The van der Waals surface area contributed by atoms with E-state index < -0.39 is 29.5 Å². The number of aromatic nitrogens is 1. The van der Waals surface area contributed by atoms with Gasteiger partial charge in [0.15, 0.2) is 0 Å². The van der Waals surface area contributed by atoms with Crippen LogP contribution in [-0.4, -0.2) is 41.3 Å². The van der Waals surface area contributed by atoms with Crippen molar-refractivity contribution in [2.45, 2.75) is 64.1 Å². The van der Waals surface area contributed by atoms with E-state index in [0.717, 1.165) is 12.3 Å². The van der Waals surface area contributed by atoms with E-state index in [9.17, 15) is 22.8 Å². The van der Waals surface area contributed by atoms with Gasteiger partial charge in [-0.1, -0.05) is 0 Å². The molecule has 1 aliphatic heterocycles. The summed E-state index contributed by atoms with van der Waals surface area (Å²) in [5.74, 6) is -0.377. The number of alkyl carbamates (subject to hydrolysis) is 1. The first-order chi connectivity index (χ1) is 12.9. The van der Waals surface area contributed by atoms with Crippen molar-refractivity contribution >= 4 is 12.0 Å². The van der Waals surface area contributed by atoms with Gasteiger partial charge >= 0.3 is 12.3 Å². The van der Waals surface area contributed by atoms with Crippen molar-refractivity contribution in [3.63, 3.8) is 0 Å². The van der Waals surface area contributed by atoms with Crippen LogP contribution in [0.2, 0.25) is 0 Å². The van der Waals surface area contributed by atoms with Gasteiger partial charge in [0, 0.05) is 6.20 Å². The number of halogens is 3. The Bertz CT molecular complexity index is 679. The highest BCUT2D eigenvalue weighted by molar-refractivity contribution is 5.80. The summed E-state index contributed by atoms with van der Waals surface area (Å²) in [5.41, 5.74) is -1.14. The second kappa shape index (κ2) is 8.76. The summed E-state index contributed by atoms with van der Waals surface area (Å²) in [7, 11) is 0. The van der Waals surface area contributed by atoms with Crippen LogP contribution in [-0.2, 0) is 27.0 Å². The minimum Gasteiger partial charge on any atom is -0.444 e. The first kappa shape index (κ1) is 21.9. The summed E-state index contributed by atoms with van der Waals surface area (Å²) < 4.78 is 48.2. The van der Waals surface area contributed by atoms with Crippen LogP contribution in [0.1, 0.15) is 44.9 Å². The Hall–Kier alpha value is -2.36. The van der Waals surface area contributed by atoms with Gasteiger partial charge in [-0.3, -0.25) is 9.78 Å². The molecule has 0 aliphatic carbocycles. The van der Waals surface area contributed by atoms with Crippen LogP contribution in [0.3, 0.4) is 0 Å². The molecular weight excluding hydrogens is 379 g/mol. The van der Waals surface area contributed by atoms with Gasteiger partial charge < -0.3 is 20.1 Å². The lowest BCUT2D eigenvalue weighted by molar-refractivity contribution is -0.138. The smallest absolute Gasteiger partial charge is 0.417 e. The summed E-state index contributed by atoms with van der Waals surface area (Å²) in [5, 5.41) is 5.28. The van der Waals surface area contributed by atoms with E-state index >= 15 is 0 Å². The van der Waals surface area contributed by atoms with Crippen molar-refractivity contribution in [2.24, 2.45) is 0 Å². The second-order valence-corrected chi connectivity index (χ2v) is 7.50. The van der Waals surface area contributed by atoms with Gasteiger partial charge in [-0.2, -0.15) is 13.2 Å². The SMILES string of the molecule is CC(C)(C)OC(=O)N[C@@H]1CC[C@@H](C(=O)NCc2ccc(C(F)(F)F)cn2)OC1. The standard InChI is InChI=1S/C18H24F3N3O4/c1-17(2,3)28-16(26)24-13-6-7-14(27-10-13)15(25)23-9-12-5-4-11(8-22-12)18(19,20)21/h4-5,8,13-14H,6-7,9-10H2,1-3H3,(H,23,25)(H,24,26)/t13-,14+/m1/s1. The number of hydrogen-bond donors (Lipinski definition) is 2. The molecule has 2 N–H and O–H groups in total. The van der Waals surface area contributed by atoms with Gasteiger partial charge in [0.05, 0.1) is 30.5 Å². The van der Waals surface area contributed by atoms with Crippen LogP contribution in [0.15, 0.2) is 18.3 Å². The van der Waals surface area contributed by atoms with Crippen molar-refractivity contribution in [3.05, 3.63) is 29.6 Å². The third-order valence-electron chi connectivity index (χ3n) is 3.89. The highest BCUT2D eigenvalue weighted by Gasteiger charge is 2.31. The van der Waals surface area contributed by atoms with Crippen molar-refractivity contribution in [3.8, 4) is 0 Å². The summed E-state index contributed by atoms with van der Waals surface area (Å²) in [6.07, 6.45) is -4.02. The van der Waals surface area contributed by atoms with Crippen LogP contribution in [0, 0.1) is 0 Å². The Morgan fingerprint density at radius 3 is 2.46 bits per heavy atom. The zero-order valence-corrected chi connectivity index (χ0v) is 15.9. The van der Waals surface area contributed by atoms with Gasteiger partial charge in [-0.05, 0) is 45.7 Å². The van der Waals surface area contributed by atoms with E-state index in [1.165, 1.54) is 6.07 Å². The van der Waals surface area contributed by atoms with Crippen LogP contribution >= 0.6 is 0 Å². The summed E-state index contributed by atoms with van der Waals surface area (Å²) >= 11 is 0. The third kappa shape index (κ3) is 6.99. The maximum Gasteiger partial charge on any atom is 0.417 e. The molecule has 0 spiro atoms. The number of nitrogens with one attached hydrogen (secondary N) is 2. The molecule has 1 fully saturated rings. The number of hydrogen-bond acceptors (Lipinski definition) is 5. The lowest BCUT2D eigenvalue weighted by Crippen LogP contribution is -2.48. The van der Waals surface area contributed by atoms with Crippen molar-refractivity contribution in [1.29, 1.82) is 0 Å². The molecule has 1 aliphatic rings. The molecule has 2 amide bonds. The summed E-state index contributed by atoms with van der Waals surface area (Å²) in [6, 6.07) is 1.87. The molecule has 7 nitrogen and oxygen atoms in total. The Morgan fingerprint density at radius 1 is 1.25 bits per heavy atom. The first-order valence-corrected chi connectivity index (χ1v) is 8.85. The molecule has 0 unspecified atom stereocenters. The van der Waals surface area contributed by atoms with Gasteiger partial charge in [-0.25, -0.2) is 4.79 Å². The van der Waals surface area contributed by atoms with Crippen LogP contribution in [0.5, 0.6) is 0 Å². The third-order valence-corrected chi connectivity index (χ3v) is 3.89. The molecule has 10 heteroatoms. The molecule has 2 rings (SSSR count). The molecular formula is C18H24F3N3O4. The molecule has 0 saturated carbocycles. The van der Waals surface area contributed by atoms with Crippen molar-refractivity contribution < 1.29 is 32.2 Å². The van der Waals surface area contributed by atoms with Crippen LogP contribution in [0.25, 0.3) is 0 Å². The van der Waals surface area contributed by atoms with E-state index in [0.29, 0.717) is 18.5 Å². The predicted molar refractivity (Wildman–Crippen MR) is 93.2 cm³/mol. The Labute approximate surface area is 161 Å². The van der Waals surface area contributed by atoms with Crippen molar-refractivity contribution in [2.75, 3.05) is 6.61 Å². The maximum absolute atomic E-state index is 12.5. The lowest BCUT2D eigenvalue weighted by atomic mass is 10.0. The van der Waals surface area contributed by atoms with Gasteiger partial charge in [0.1, 0.15) is 11.7 Å². The number of pyridine rings is 1. The van der Waals surface area contributed by atoms with E-state index in [4.69, 9.17) is 9.47 Å². The van der Waals surface area contributed by atoms with Crippen LogP contribution in [0.4, 0.5) is 18.0 Å². The number of carbonyl (C=O) groups is 2. The molecule has 156 valence electrons. The fraction of sp³-hybridized carbons (Fsp3) is 0.611. The Morgan fingerprint density at radius 2 is 1.96 bits per heavy atom. The molecule has 28 heavy (non-hydrogen) atoms. The minimum absolute atomic E-state index is 0.00355. The monoisotopic (exact) mass is 403 g/mol. The number of carbonyl (C=O) groups excluding carboxylic acids is 2. The van der Waals surface area contributed by atoms with Crippen molar-refractivity contribution in [1.82, 2.24) is 15.6 Å². The summed E-state index contributed by atoms with van der Waals surface area (Å²) in [6.45, 7) is 5.44. The Kier molecular flexibility index (Phi) is 6.87. The van der Waals surface area contributed by atoms with E-state index in [1.54, 1.807) is 20.8 Å². The van der Waals surface area contributed by atoms with E-state index in [1.807, 2.05) is 0 Å². The number of ether oxygens (including phenoxy) is 2. The molecule has 1 saturated heterocycles. The number of rotatable bonds is 4. The zero-order chi connectivity index (χ0) is 20.9.